The molecule has 23 heavy (non-hydrogen) atoms. The van der Waals surface area contributed by atoms with Gasteiger partial charge in [-0.1, -0.05) is 28.1 Å². The minimum atomic E-state index is 0. The Balaban J connectivity index is 0.00000192. The molecule has 6 heteroatoms. The molecular weight excluding hydrogens is 378 g/mol. The number of nitrogens with one attached hydrogen (secondary N) is 2. The second-order valence-corrected chi connectivity index (χ2v) is 7.25. The van der Waals surface area contributed by atoms with E-state index in [0.717, 1.165) is 56.3 Å². The first kappa shape index (κ1) is 18.7. The van der Waals surface area contributed by atoms with E-state index in [2.05, 4.69) is 55.7 Å². The summed E-state index contributed by atoms with van der Waals surface area (Å²) in [6.45, 7) is 4.08. The van der Waals surface area contributed by atoms with Crippen molar-refractivity contribution in [2.45, 2.75) is 44.3 Å². The van der Waals surface area contributed by atoms with Crippen LogP contribution in [0.4, 0.5) is 0 Å². The van der Waals surface area contributed by atoms with Crippen molar-refractivity contribution in [3.05, 3.63) is 34.3 Å². The van der Waals surface area contributed by atoms with Gasteiger partial charge in [0.25, 0.3) is 0 Å². The standard InChI is InChI=1S/C17H24BrN3O.ClH/c18-14-5-3-13(4-6-14)12-21-10-7-15(8-11-21)20-17(22)16-2-1-9-19-16;/h3-6,15-16,19H,1-2,7-12H2,(H,20,22);1H. The molecule has 2 N–H and O–H groups in total. The molecule has 0 aromatic heterocycles. The molecule has 0 bridgehead atoms. The van der Waals surface area contributed by atoms with Crippen LogP contribution in [0.2, 0.25) is 0 Å². The van der Waals surface area contributed by atoms with Crippen molar-refractivity contribution in [1.29, 1.82) is 0 Å². The summed E-state index contributed by atoms with van der Waals surface area (Å²) in [5.41, 5.74) is 1.35. The summed E-state index contributed by atoms with van der Waals surface area (Å²) in [5.74, 6) is 0.198. The largest absolute Gasteiger partial charge is 0.352 e. The molecule has 1 atom stereocenters. The van der Waals surface area contributed by atoms with Crippen molar-refractivity contribution in [1.82, 2.24) is 15.5 Å². The number of piperidine rings is 1. The zero-order valence-electron chi connectivity index (χ0n) is 13.3. The lowest BCUT2D eigenvalue weighted by Gasteiger charge is -2.32. The molecule has 2 saturated heterocycles. The fourth-order valence-corrected chi connectivity index (χ4v) is 3.56. The van der Waals surface area contributed by atoms with Crippen LogP contribution in [0.1, 0.15) is 31.2 Å². The number of carbonyl (C=O) groups is 1. The van der Waals surface area contributed by atoms with Gasteiger partial charge in [-0.05, 0) is 49.9 Å². The number of rotatable bonds is 4. The molecule has 0 radical (unpaired) electrons. The zero-order chi connectivity index (χ0) is 15.4. The van der Waals surface area contributed by atoms with Crippen molar-refractivity contribution >= 4 is 34.2 Å². The first-order valence-corrected chi connectivity index (χ1v) is 9.00. The molecule has 2 heterocycles. The minimum absolute atomic E-state index is 0. The summed E-state index contributed by atoms with van der Waals surface area (Å²) in [5, 5.41) is 6.48. The van der Waals surface area contributed by atoms with Crippen LogP contribution in [0, 0.1) is 0 Å². The van der Waals surface area contributed by atoms with E-state index in [-0.39, 0.29) is 24.4 Å². The van der Waals surface area contributed by atoms with Crippen LogP contribution in [-0.2, 0) is 11.3 Å². The Labute approximate surface area is 152 Å². The number of hydrogen-bond donors (Lipinski definition) is 2. The third kappa shape index (κ3) is 5.45. The molecule has 2 fully saturated rings. The van der Waals surface area contributed by atoms with E-state index in [1.165, 1.54) is 5.56 Å². The molecule has 4 nitrogen and oxygen atoms in total. The molecule has 1 amide bonds. The van der Waals surface area contributed by atoms with Gasteiger partial charge in [-0.25, -0.2) is 0 Å². The highest BCUT2D eigenvalue weighted by Crippen LogP contribution is 2.16. The lowest BCUT2D eigenvalue weighted by molar-refractivity contribution is -0.123. The van der Waals surface area contributed by atoms with E-state index in [9.17, 15) is 4.79 Å². The van der Waals surface area contributed by atoms with Crippen LogP contribution in [0.5, 0.6) is 0 Å². The molecule has 1 unspecified atom stereocenters. The van der Waals surface area contributed by atoms with Crippen molar-refractivity contribution in [2.24, 2.45) is 0 Å². The third-order valence-electron chi connectivity index (χ3n) is 4.63. The van der Waals surface area contributed by atoms with Crippen molar-refractivity contribution < 1.29 is 4.79 Å². The topological polar surface area (TPSA) is 44.4 Å². The number of nitrogens with zero attached hydrogens (tertiary/aromatic N) is 1. The zero-order valence-corrected chi connectivity index (χ0v) is 15.7. The summed E-state index contributed by atoms with van der Waals surface area (Å²) < 4.78 is 1.12. The van der Waals surface area contributed by atoms with Gasteiger partial charge in [-0.15, -0.1) is 12.4 Å². The van der Waals surface area contributed by atoms with Gasteiger partial charge >= 0.3 is 0 Å². The molecule has 1 aromatic rings. The normalized spacial score (nSPS) is 22.6. The first-order chi connectivity index (χ1) is 10.7. The van der Waals surface area contributed by atoms with Gasteiger partial charge in [0.1, 0.15) is 0 Å². The second-order valence-electron chi connectivity index (χ2n) is 6.33. The van der Waals surface area contributed by atoms with E-state index in [1.54, 1.807) is 0 Å². The molecule has 2 aliphatic rings. The van der Waals surface area contributed by atoms with Gasteiger partial charge < -0.3 is 10.6 Å². The van der Waals surface area contributed by atoms with Gasteiger partial charge in [0.05, 0.1) is 6.04 Å². The van der Waals surface area contributed by atoms with Gasteiger partial charge in [0, 0.05) is 30.1 Å². The second kappa shape index (κ2) is 9.02. The fraction of sp³-hybridized carbons (Fsp3) is 0.588. The molecule has 3 rings (SSSR count). The van der Waals surface area contributed by atoms with E-state index in [4.69, 9.17) is 0 Å². The molecule has 0 aliphatic carbocycles. The molecule has 0 spiro atoms. The summed E-state index contributed by atoms with van der Waals surface area (Å²) >= 11 is 3.47. The maximum atomic E-state index is 12.1. The lowest BCUT2D eigenvalue weighted by Crippen LogP contribution is -2.49. The predicted molar refractivity (Wildman–Crippen MR) is 98.9 cm³/mol. The molecular formula is C17H25BrClN3O. The van der Waals surface area contributed by atoms with Crippen LogP contribution < -0.4 is 10.6 Å². The number of amides is 1. The Hall–Kier alpha value is -0.620. The molecule has 128 valence electrons. The van der Waals surface area contributed by atoms with Crippen LogP contribution in [0.3, 0.4) is 0 Å². The number of halogens is 2. The van der Waals surface area contributed by atoms with Crippen LogP contribution >= 0.6 is 28.3 Å². The van der Waals surface area contributed by atoms with E-state index in [1.807, 2.05) is 0 Å². The fourth-order valence-electron chi connectivity index (χ4n) is 3.29. The van der Waals surface area contributed by atoms with E-state index >= 15 is 0 Å². The quantitative estimate of drug-likeness (QED) is 0.814. The van der Waals surface area contributed by atoms with E-state index in [0.29, 0.717) is 6.04 Å². The average molecular weight is 403 g/mol. The predicted octanol–water partition coefficient (Wildman–Crippen LogP) is 2.70. The van der Waals surface area contributed by atoms with Crippen LogP contribution in [0.15, 0.2) is 28.7 Å². The highest BCUT2D eigenvalue weighted by molar-refractivity contribution is 9.10. The smallest absolute Gasteiger partial charge is 0.237 e. The number of hydrogen-bond acceptors (Lipinski definition) is 3. The van der Waals surface area contributed by atoms with Gasteiger partial charge in [-0.2, -0.15) is 0 Å². The summed E-state index contributed by atoms with van der Waals surface area (Å²) in [7, 11) is 0. The average Bonchev–Trinajstić information content (AvgIpc) is 3.06. The van der Waals surface area contributed by atoms with Gasteiger partial charge in [-0.3, -0.25) is 9.69 Å². The third-order valence-corrected chi connectivity index (χ3v) is 5.16. The minimum Gasteiger partial charge on any atom is -0.352 e. The van der Waals surface area contributed by atoms with E-state index < -0.39 is 0 Å². The van der Waals surface area contributed by atoms with Crippen molar-refractivity contribution in [3.63, 3.8) is 0 Å². The Morgan fingerprint density at radius 1 is 1.22 bits per heavy atom. The molecule has 2 aliphatic heterocycles. The first-order valence-electron chi connectivity index (χ1n) is 8.21. The summed E-state index contributed by atoms with van der Waals surface area (Å²) in [4.78, 5) is 14.6. The highest BCUT2D eigenvalue weighted by atomic mass is 79.9. The number of likely N-dealkylation sites (tertiary alicyclic amines) is 1. The summed E-state index contributed by atoms with van der Waals surface area (Å²) in [6.07, 6.45) is 4.20. The monoisotopic (exact) mass is 401 g/mol. The molecule has 0 saturated carbocycles. The summed E-state index contributed by atoms with van der Waals surface area (Å²) in [6, 6.07) is 8.91. The maximum Gasteiger partial charge on any atom is 0.237 e. The SMILES string of the molecule is Cl.O=C(NC1CCN(Cc2ccc(Br)cc2)CC1)C1CCCN1. The van der Waals surface area contributed by atoms with Crippen LogP contribution in [-0.4, -0.2) is 42.5 Å². The van der Waals surface area contributed by atoms with Crippen LogP contribution in [0.25, 0.3) is 0 Å². The highest BCUT2D eigenvalue weighted by Gasteiger charge is 2.26. The molecule has 1 aromatic carbocycles. The Morgan fingerprint density at radius 2 is 1.91 bits per heavy atom. The van der Waals surface area contributed by atoms with Gasteiger partial charge in [0.15, 0.2) is 0 Å². The Kier molecular flexibility index (Phi) is 7.34. The van der Waals surface area contributed by atoms with Crippen molar-refractivity contribution in [2.75, 3.05) is 19.6 Å². The maximum absolute atomic E-state index is 12.1. The number of benzene rings is 1. The Bertz CT molecular complexity index is 497. The van der Waals surface area contributed by atoms with Gasteiger partial charge in [0.2, 0.25) is 5.91 Å². The van der Waals surface area contributed by atoms with Crippen molar-refractivity contribution in [3.8, 4) is 0 Å². The number of carbonyl (C=O) groups excluding carboxylic acids is 1. The Morgan fingerprint density at radius 3 is 2.52 bits per heavy atom. The lowest BCUT2D eigenvalue weighted by atomic mass is 10.0.